The summed E-state index contributed by atoms with van der Waals surface area (Å²) in [4.78, 5) is 29.0. The van der Waals surface area contributed by atoms with Crippen LogP contribution < -0.4 is 14.4 Å². The van der Waals surface area contributed by atoms with Gasteiger partial charge in [0.05, 0.1) is 17.2 Å². The van der Waals surface area contributed by atoms with Crippen LogP contribution in [0.3, 0.4) is 0 Å². The fourth-order valence-electron chi connectivity index (χ4n) is 5.86. The summed E-state index contributed by atoms with van der Waals surface area (Å²) in [5.41, 5.74) is 1.18. The number of ether oxygens (including phenoxy) is 2. The van der Waals surface area contributed by atoms with Gasteiger partial charge in [0, 0.05) is 29.2 Å². The van der Waals surface area contributed by atoms with Crippen LogP contribution in [0.2, 0.25) is 0 Å². The lowest BCUT2D eigenvalue weighted by molar-refractivity contribution is -0.137. The quantitative estimate of drug-likeness (QED) is 0.363. The highest BCUT2D eigenvalue weighted by molar-refractivity contribution is 6.21. The number of carbonyl (C=O) groups excluding carboxylic acids is 2. The zero-order valence-corrected chi connectivity index (χ0v) is 21.5. The molecule has 9 heteroatoms. The molecule has 0 spiro atoms. The Hall–Kier alpha value is -4.40. The van der Waals surface area contributed by atoms with E-state index < -0.39 is 29.4 Å². The maximum absolute atomic E-state index is 14.2. The van der Waals surface area contributed by atoms with Crippen LogP contribution in [-0.2, 0) is 11.0 Å². The molecule has 40 heavy (non-hydrogen) atoms. The monoisotopic (exact) mass is 546 g/mol. The lowest BCUT2D eigenvalue weighted by atomic mass is 9.69. The van der Waals surface area contributed by atoms with E-state index in [2.05, 4.69) is 0 Å². The Morgan fingerprint density at radius 3 is 2.45 bits per heavy atom. The zero-order valence-electron chi connectivity index (χ0n) is 21.5. The average molecular weight is 547 g/mol. The Morgan fingerprint density at radius 2 is 1.70 bits per heavy atom. The largest absolute Gasteiger partial charge is 0.454 e. The third kappa shape index (κ3) is 4.26. The Morgan fingerprint density at radius 1 is 0.975 bits per heavy atom. The number of allylic oxidation sites excluding steroid dienone is 2. The highest BCUT2D eigenvalue weighted by atomic mass is 19.4. The summed E-state index contributed by atoms with van der Waals surface area (Å²) in [6.45, 7) is 1.90. The van der Waals surface area contributed by atoms with Gasteiger partial charge in [-0.3, -0.25) is 15.0 Å². The number of rotatable bonds is 4. The van der Waals surface area contributed by atoms with E-state index in [4.69, 9.17) is 9.47 Å². The molecule has 0 saturated carbocycles. The van der Waals surface area contributed by atoms with E-state index in [1.807, 2.05) is 6.92 Å². The second kappa shape index (κ2) is 9.66. The molecule has 0 bridgehead atoms. The van der Waals surface area contributed by atoms with E-state index in [9.17, 15) is 28.2 Å². The van der Waals surface area contributed by atoms with Gasteiger partial charge in [-0.1, -0.05) is 48.0 Å². The van der Waals surface area contributed by atoms with Gasteiger partial charge < -0.3 is 14.4 Å². The standard InChI is InChI=1S/C31H25F3N2O4/c1-17-9-11-18(12-10-17)29(38)28-26(19-13-14-24-25(15-19)40-16-39-24)27-22(7-4-8-23(27)37)36(30(28)35)21-6-3-2-5-20(21)31(32,33)34/h2-3,5-6,9-15,26,28,35H,4,7-8,16H2,1H3. The predicted octanol–water partition coefficient (Wildman–Crippen LogP) is 6.83. The van der Waals surface area contributed by atoms with Gasteiger partial charge in [-0.05, 0) is 49.6 Å². The van der Waals surface area contributed by atoms with Gasteiger partial charge in [0.15, 0.2) is 23.1 Å². The van der Waals surface area contributed by atoms with Gasteiger partial charge in [0.1, 0.15) is 5.84 Å². The Kier molecular flexibility index (Phi) is 6.24. The molecule has 1 N–H and O–H groups in total. The minimum absolute atomic E-state index is 0.0277. The van der Waals surface area contributed by atoms with E-state index in [1.165, 1.54) is 23.1 Å². The number of para-hydroxylation sites is 1. The normalized spacial score (nSPS) is 20.6. The van der Waals surface area contributed by atoms with Crippen molar-refractivity contribution in [1.82, 2.24) is 0 Å². The summed E-state index contributed by atoms with van der Waals surface area (Å²) in [5, 5.41) is 9.32. The van der Waals surface area contributed by atoms with Crippen LogP contribution in [-0.4, -0.2) is 24.2 Å². The van der Waals surface area contributed by atoms with E-state index in [0.29, 0.717) is 41.2 Å². The van der Waals surface area contributed by atoms with Crippen LogP contribution in [0.25, 0.3) is 0 Å². The molecule has 6 nitrogen and oxygen atoms in total. The molecular formula is C31H25F3N2O4. The van der Waals surface area contributed by atoms with Crippen molar-refractivity contribution in [3.05, 3.63) is 100 Å². The lowest BCUT2D eigenvalue weighted by Crippen LogP contribution is -2.49. The maximum Gasteiger partial charge on any atom is 0.418 e. The Bertz CT molecular complexity index is 1580. The number of Topliss-reactive ketones (excluding diaryl/α,β-unsaturated/α-hetero) is 2. The summed E-state index contributed by atoms with van der Waals surface area (Å²) < 4.78 is 53.6. The van der Waals surface area contributed by atoms with Crippen molar-refractivity contribution in [2.45, 2.75) is 38.3 Å². The smallest absolute Gasteiger partial charge is 0.418 e. The summed E-state index contributed by atoms with van der Waals surface area (Å²) >= 11 is 0. The van der Waals surface area contributed by atoms with E-state index >= 15 is 0 Å². The summed E-state index contributed by atoms with van der Waals surface area (Å²) in [5.74, 6) is -2.18. The van der Waals surface area contributed by atoms with Crippen LogP contribution in [0.1, 0.15) is 52.2 Å². The number of halogens is 3. The molecule has 0 amide bonds. The number of hydrogen-bond donors (Lipinski definition) is 1. The van der Waals surface area contributed by atoms with Crippen LogP contribution in [0.5, 0.6) is 11.5 Å². The number of aryl methyl sites for hydroxylation is 1. The van der Waals surface area contributed by atoms with Gasteiger partial charge in [0.2, 0.25) is 6.79 Å². The minimum Gasteiger partial charge on any atom is -0.454 e. The fraction of sp³-hybridized carbons (Fsp3) is 0.258. The summed E-state index contributed by atoms with van der Waals surface area (Å²) in [6, 6.07) is 16.9. The first-order chi connectivity index (χ1) is 19.1. The van der Waals surface area contributed by atoms with Gasteiger partial charge in [-0.2, -0.15) is 13.2 Å². The topological polar surface area (TPSA) is 79.7 Å². The molecule has 204 valence electrons. The first-order valence-corrected chi connectivity index (χ1v) is 13.0. The molecule has 3 aromatic rings. The van der Waals surface area contributed by atoms with Gasteiger partial charge >= 0.3 is 6.18 Å². The third-order valence-corrected chi connectivity index (χ3v) is 7.70. The van der Waals surface area contributed by atoms with Gasteiger partial charge in [-0.15, -0.1) is 0 Å². The number of nitrogens with one attached hydrogen (secondary N) is 1. The van der Waals surface area contributed by atoms with E-state index in [0.717, 1.165) is 11.6 Å². The SMILES string of the molecule is Cc1ccc(C(=O)C2C(=N)N(c3ccccc3C(F)(F)F)C3=C(C(=O)CCC3)C2c2ccc3c(c2)OCO3)cc1. The number of alkyl halides is 3. The van der Waals surface area contributed by atoms with Crippen molar-refractivity contribution in [3.8, 4) is 11.5 Å². The molecule has 1 aliphatic carbocycles. The number of nitrogens with zero attached hydrogens (tertiary/aromatic N) is 1. The zero-order chi connectivity index (χ0) is 28.2. The number of carbonyl (C=O) groups is 2. The van der Waals surface area contributed by atoms with Crippen molar-refractivity contribution in [2.24, 2.45) is 5.92 Å². The Labute approximate surface area is 228 Å². The van der Waals surface area contributed by atoms with E-state index in [-0.39, 0.29) is 36.1 Å². The summed E-state index contributed by atoms with van der Waals surface area (Å²) in [7, 11) is 0. The van der Waals surface area contributed by atoms with Crippen LogP contribution >= 0.6 is 0 Å². The lowest BCUT2D eigenvalue weighted by Gasteiger charge is -2.44. The predicted molar refractivity (Wildman–Crippen MR) is 142 cm³/mol. The molecular weight excluding hydrogens is 521 g/mol. The van der Waals surface area contributed by atoms with Crippen molar-refractivity contribution >= 4 is 23.1 Å². The fourth-order valence-corrected chi connectivity index (χ4v) is 5.86. The minimum atomic E-state index is -4.71. The molecule has 3 aromatic carbocycles. The number of hydrogen-bond acceptors (Lipinski definition) is 5. The van der Waals surface area contributed by atoms with Crippen LogP contribution in [0, 0.1) is 18.3 Å². The third-order valence-electron chi connectivity index (χ3n) is 7.70. The molecule has 2 aliphatic heterocycles. The van der Waals surface area contributed by atoms with Crippen molar-refractivity contribution in [1.29, 1.82) is 5.41 Å². The van der Waals surface area contributed by atoms with Crippen molar-refractivity contribution in [3.63, 3.8) is 0 Å². The average Bonchev–Trinajstić information content (AvgIpc) is 3.40. The molecule has 2 atom stereocenters. The molecule has 2 heterocycles. The van der Waals surface area contributed by atoms with Gasteiger partial charge in [0.25, 0.3) is 0 Å². The van der Waals surface area contributed by atoms with Crippen LogP contribution in [0.15, 0.2) is 78.0 Å². The second-order valence-electron chi connectivity index (χ2n) is 10.2. The number of amidine groups is 1. The number of ketones is 2. The Balaban J connectivity index is 1.61. The molecule has 0 aromatic heterocycles. The molecule has 3 aliphatic rings. The van der Waals surface area contributed by atoms with E-state index in [1.54, 1.807) is 42.5 Å². The molecule has 0 saturated heterocycles. The molecule has 0 fully saturated rings. The molecule has 6 rings (SSSR count). The number of benzene rings is 3. The summed E-state index contributed by atoms with van der Waals surface area (Å²) in [6.07, 6.45) is -3.78. The first-order valence-electron chi connectivity index (χ1n) is 13.0. The maximum atomic E-state index is 14.2. The number of anilines is 1. The molecule has 2 unspecified atom stereocenters. The highest BCUT2D eigenvalue weighted by Crippen LogP contribution is 2.50. The first kappa shape index (κ1) is 25.9. The highest BCUT2D eigenvalue weighted by Gasteiger charge is 2.49. The van der Waals surface area contributed by atoms with Crippen molar-refractivity contribution < 1.29 is 32.2 Å². The van der Waals surface area contributed by atoms with Crippen molar-refractivity contribution in [2.75, 3.05) is 11.7 Å². The van der Waals surface area contributed by atoms with Crippen LogP contribution in [0.4, 0.5) is 18.9 Å². The molecule has 0 radical (unpaired) electrons. The second-order valence-corrected chi connectivity index (χ2v) is 10.2. The number of fused-ring (bicyclic) bond motifs is 1. The van der Waals surface area contributed by atoms with Gasteiger partial charge in [-0.25, -0.2) is 0 Å².